The third kappa shape index (κ3) is 3.75. The Morgan fingerprint density at radius 2 is 2.04 bits per heavy atom. The molecule has 23 heavy (non-hydrogen) atoms. The number of aromatic amines is 1. The Kier molecular flexibility index (Phi) is 6.36. The summed E-state index contributed by atoms with van der Waals surface area (Å²) in [7, 11) is 0. The topological polar surface area (TPSA) is 92.1 Å². The van der Waals surface area contributed by atoms with E-state index in [1.54, 1.807) is 4.90 Å². The highest BCUT2D eigenvalue weighted by atomic mass is 35.5. The van der Waals surface area contributed by atoms with Gasteiger partial charge in [-0.1, -0.05) is 27.7 Å². The standard InChI is InChI=1S/C16H26N4O2.ClH/c1-5-10-11(6-2)18-19-14(21)13(10)15(22)20-8-7-12(17)16(3,4)9-20;/h12H,5-9,17H2,1-4H3,(H,19,21);1H. The summed E-state index contributed by atoms with van der Waals surface area (Å²) in [5.74, 6) is -0.199. The van der Waals surface area contributed by atoms with Gasteiger partial charge in [-0.15, -0.1) is 12.4 Å². The predicted octanol–water partition coefficient (Wildman–Crippen LogP) is 1.52. The van der Waals surface area contributed by atoms with Gasteiger partial charge in [-0.25, -0.2) is 5.10 Å². The van der Waals surface area contributed by atoms with Crippen molar-refractivity contribution in [2.75, 3.05) is 13.1 Å². The van der Waals surface area contributed by atoms with Gasteiger partial charge in [-0.05, 0) is 30.2 Å². The molecule has 1 aliphatic heterocycles. The molecule has 0 bridgehead atoms. The number of hydrogen-bond acceptors (Lipinski definition) is 4. The average molecular weight is 343 g/mol. The lowest BCUT2D eigenvalue weighted by Crippen LogP contribution is -2.54. The number of rotatable bonds is 3. The lowest BCUT2D eigenvalue weighted by atomic mass is 9.79. The Hall–Kier alpha value is -1.40. The molecule has 1 atom stereocenters. The van der Waals surface area contributed by atoms with E-state index >= 15 is 0 Å². The second-order valence-electron chi connectivity index (χ2n) is 6.67. The van der Waals surface area contributed by atoms with E-state index in [1.807, 2.05) is 13.8 Å². The summed E-state index contributed by atoms with van der Waals surface area (Å²) >= 11 is 0. The second kappa shape index (κ2) is 7.45. The molecule has 1 aromatic heterocycles. The second-order valence-corrected chi connectivity index (χ2v) is 6.67. The molecule has 1 fully saturated rings. The molecule has 0 saturated carbocycles. The maximum Gasteiger partial charge on any atom is 0.277 e. The number of H-pyrrole nitrogens is 1. The molecular formula is C16H27ClN4O2. The molecule has 1 amide bonds. The van der Waals surface area contributed by atoms with E-state index in [-0.39, 0.29) is 35.3 Å². The monoisotopic (exact) mass is 342 g/mol. The molecule has 1 aromatic rings. The normalized spacial score (nSPS) is 20.0. The van der Waals surface area contributed by atoms with Crippen molar-refractivity contribution in [3.05, 3.63) is 27.2 Å². The Morgan fingerprint density at radius 3 is 2.57 bits per heavy atom. The van der Waals surface area contributed by atoms with Crippen molar-refractivity contribution >= 4 is 18.3 Å². The van der Waals surface area contributed by atoms with E-state index in [4.69, 9.17) is 5.73 Å². The van der Waals surface area contributed by atoms with Crippen molar-refractivity contribution < 1.29 is 4.79 Å². The molecule has 1 unspecified atom stereocenters. The Bertz CT molecular complexity index is 627. The Morgan fingerprint density at radius 1 is 1.39 bits per heavy atom. The minimum atomic E-state index is -0.397. The SMILES string of the molecule is CCc1n[nH]c(=O)c(C(=O)N2CCC(N)C(C)(C)C2)c1CC.Cl. The number of likely N-dealkylation sites (tertiary alicyclic amines) is 1. The van der Waals surface area contributed by atoms with Gasteiger partial charge in [-0.2, -0.15) is 5.10 Å². The van der Waals surface area contributed by atoms with Crippen LogP contribution in [-0.4, -0.2) is 40.1 Å². The number of carbonyl (C=O) groups excluding carboxylic acids is 1. The zero-order valence-corrected chi connectivity index (χ0v) is 15.1. The van der Waals surface area contributed by atoms with Crippen LogP contribution in [0.15, 0.2) is 4.79 Å². The van der Waals surface area contributed by atoms with E-state index in [0.717, 1.165) is 17.7 Å². The molecule has 0 spiro atoms. The third-order valence-electron chi connectivity index (χ3n) is 4.67. The zero-order chi connectivity index (χ0) is 16.5. The predicted molar refractivity (Wildman–Crippen MR) is 93.1 cm³/mol. The van der Waals surface area contributed by atoms with Crippen LogP contribution in [0.2, 0.25) is 0 Å². The first-order chi connectivity index (χ1) is 10.3. The number of hydrogen-bond donors (Lipinski definition) is 2. The summed E-state index contributed by atoms with van der Waals surface area (Å²) in [4.78, 5) is 26.8. The highest BCUT2D eigenvalue weighted by Gasteiger charge is 2.36. The fraction of sp³-hybridized carbons (Fsp3) is 0.688. The summed E-state index contributed by atoms with van der Waals surface area (Å²) in [6, 6.07) is 0.0733. The van der Waals surface area contributed by atoms with Gasteiger partial charge < -0.3 is 10.6 Å². The summed E-state index contributed by atoms with van der Waals surface area (Å²) < 4.78 is 0. The van der Waals surface area contributed by atoms with E-state index in [0.29, 0.717) is 25.9 Å². The molecule has 7 heteroatoms. The highest BCUT2D eigenvalue weighted by molar-refractivity contribution is 5.95. The molecule has 2 heterocycles. The zero-order valence-electron chi connectivity index (χ0n) is 14.3. The quantitative estimate of drug-likeness (QED) is 0.871. The third-order valence-corrected chi connectivity index (χ3v) is 4.67. The van der Waals surface area contributed by atoms with Crippen molar-refractivity contribution in [2.24, 2.45) is 11.1 Å². The molecule has 1 aliphatic rings. The largest absolute Gasteiger partial charge is 0.338 e. The van der Waals surface area contributed by atoms with Crippen LogP contribution in [0.3, 0.4) is 0 Å². The molecule has 0 radical (unpaired) electrons. The van der Waals surface area contributed by atoms with Gasteiger partial charge in [0.05, 0.1) is 5.69 Å². The summed E-state index contributed by atoms with van der Waals surface area (Å²) in [6.45, 7) is 9.20. The summed E-state index contributed by atoms with van der Waals surface area (Å²) in [5, 5.41) is 6.53. The van der Waals surface area contributed by atoms with E-state index < -0.39 is 5.56 Å². The lowest BCUT2D eigenvalue weighted by molar-refractivity contribution is 0.0529. The molecular weight excluding hydrogens is 316 g/mol. The number of piperidine rings is 1. The van der Waals surface area contributed by atoms with Gasteiger partial charge in [0, 0.05) is 19.1 Å². The average Bonchev–Trinajstić information content (AvgIpc) is 2.48. The van der Waals surface area contributed by atoms with Crippen molar-refractivity contribution in [3.63, 3.8) is 0 Å². The number of aromatic nitrogens is 2. The summed E-state index contributed by atoms with van der Waals surface area (Å²) in [6.07, 6.45) is 2.07. The molecule has 6 nitrogen and oxygen atoms in total. The lowest BCUT2D eigenvalue weighted by Gasteiger charge is -2.42. The van der Waals surface area contributed by atoms with Crippen LogP contribution >= 0.6 is 12.4 Å². The van der Waals surface area contributed by atoms with Gasteiger partial charge in [0.25, 0.3) is 11.5 Å². The van der Waals surface area contributed by atoms with E-state index in [9.17, 15) is 9.59 Å². The molecule has 0 aromatic carbocycles. The van der Waals surface area contributed by atoms with Crippen molar-refractivity contribution in [1.29, 1.82) is 0 Å². The Balaban J connectivity index is 0.00000264. The van der Waals surface area contributed by atoms with Gasteiger partial charge in [0.2, 0.25) is 0 Å². The first kappa shape index (κ1) is 19.6. The Labute approximate surface area is 143 Å². The van der Waals surface area contributed by atoms with Crippen LogP contribution in [-0.2, 0) is 12.8 Å². The molecule has 0 aliphatic carbocycles. The van der Waals surface area contributed by atoms with Crippen LogP contribution in [0.4, 0.5) is 0 Å². The van der Waals surface area contributed by atoms with E-state index in [2.05, 4.69) is 24.0 Å². The highest BCUT2D eigenvalue weighted by Crippen LogP contribution is 2.28. The molecule has 1 saturated heterocycles. The minimum Gasteiger partial charge on any atom is -0.338 e. The number of nitrogens with one attached hydrogen (secondary N) is 1. The van der Waals surface area contributed by atoms with Crippen molar-refractivity contribution in [3.8, 4) is 0 Å². The molecule has 2 rings (SSSR count). The van der Waals surface area contributed by atoms with Crippen LogP contribution in [0.1, 0.15) is 55.7 Å². The maximum atomic E-state index is 12.9. The fourth-order valence-corrected chi connectivity index (χ4v) is 3.13. The number of carbonyl (C=O) groups is 1. The number of halogens is 1. The summed E-state index contributed by atoms with van der Waals surface area (Å²) in [5.41, 5.74) is 7.40. The number of nitrogens with two attached hydrogens (primary N) is 1. The smallest absolute Gasteiger partial charge is 0.277 e. The van der Waals surface area contributed by atoms with Crippen LogP contribution in [0, 0.1) is 5.41 Å². The van der Waals surface area contributed by atoms with Crippen molar-refractivity contribution in [1.82, 2.24) is 15.1 Å². The molecule has 3 N–H and O–H groups in total. The van der Waals surface area contributed by atoms with Gasteiger partial charge in [-0.3, -0.25) is 9.59 Å². The molecule has 130 valence electrons. The first-order valence-corrected chi connectivity index (χ1v) is 7.97. The maximum absolute atomic E-state index is 12.9. The fourth-order valence-electron chi connectivity index (χ4n) is 3.13. The van der Waals surface area contributed by atoms with Gasteiger partial charge in [0.1, 0.15) is 5.56 Å². The minimum absolute atomic E-state index is 0. The van der Waals surface area contributed by atoms with Crippen molar-refractivity contribution in [2.45, 2.75) is 53.0 Å². The van der Waals surface area contributed by atoms with E-state index in [1.165, 1.54) is 0 Å². The van der Waals surface area contributed by atoms with Crippen LogP contribution in [0.25, 0.3) is 0 Å². The van der Waals surface area contributed by atoms with Gasteiger partial charge >= 0.3 is 0 Å². The number of amides is 1. The number of aryl methyl sites for hydroxylation is 1. The first-order valence-electron chi connectivity index (χ1n) is 7.97. The number of nitrogens with zero attached hydrogens (tertiary/aromatic N) is 2. The van der Waals surface area contributed by atoms with Crippen LogP contribution < -0.4 is 11.3 Å². The van der Waals surface area contributed by atoms with Crippen LogP contribution in [0.5, 0.6) is 0 Å². The van der Waals surface area contributed by atoms with Gasteiger partial charge in [0.15, 0.2) is 0 Å².